The summed E-state index contributed by atoms with van der Waals surface area (Å²) in [6, 6.07) is 30.8. The molecule has 1 aliphatic heterocycles. The van der Waals surface area contributed by atoms with E-state index in [4.69, 9.17) is 4.42 Å². The lowest BCUT2D eigenvalue weighted by atomic mass is 10.1. The zero-order valence-corrected chi connectivity index (χ0v) is 22.9. The van der Waals surface area contributed by atoms with Gasteiger partial charge in [-0.25, -0.2) is 4.98 Å². The Kier molecular flexibility index (Phi) is 8.02. The van der Waals surface area contributed by atoms with Gasteiger partial charge >= 0.3 is 0 Å². The molecule has 0 spiro atoms. The molecule has 9 heteroatoms. The minimum atomic E-state index is -0.0861. The highest BCUT2D eigenvalue weighted by Gasteiger charge is 2.25. The molecule has 0 unspecified atom stereocenters. The van der Waals surface area contributed by atoms with Gasteiger partial charge in [0.25, 0.3) is 5.91 Å². The van der Waals surface area contributed by atoms with Crippen LogP contribution in [0.5, 0.6) is 0 Å². The third kappa shape index (κ3) is 6.16. The smallest absolute Gasteiger partial charge is 0.275 e. The summed E-state index contributed by atoms with van der Waals surface area (Å²) in [6.07, 6.45) is 2.14. The first-order valence-electron chi connectivity index (χ1n) is 13.4. The Labute approximate surface area is 237 Å². The first kappa shape index (κ1) is 26.0. The third-order valence-corrected chi connectivity index (χ3v) is 7.84. The standard InChI is InChI=1S/C31H30N6O2S/c38-30(36-18-16-35(17-19-36)21-25-12-6-2-7-13-25)27-22-39-29(32-27)23-40-31-34-33-28(20-24-10-4-1-5-11-24)37(31)26-14-8-3-9-15-26/h1-15,22H,16-21,23H2. The molecule has 1 aliphatic rings. The Morgan fingerprint density at radius 3 is 2.15 bits per heavy atom. The van der Waals surface area contributed by atoms with Gasteiger partial charge in [0.1, 0.15) is 12.1 Å². The van der Waals surface area contributed by atoms with Crippen LogP contribution >= 0.6 is 11.8 Å². The summed E-state index contributed by atoms with van der Waals surface area (Å²) in [7, 11) is 0. The van der Waals surface area contributed by atoms with Crippen molar-refractivity contribution in [2.75, 3.05) is 26.2 Å². The summed E-state index contributed by atoms with van der Waals surface area (Å²) >= 11 is 1.49. The van der Waals surface area contributed by atoms with Gasteiger partial charge in [0.05, 0.1) is 5.75 Å². The highest BCUT2D eigenvalue weighted by atomic mass is 32.2. The van der Waals surface area contributed by atoms with E-state index in [2.05, 4.69) is 61.0 Å². The van der Waals surface area contributed by atoms with E-state index in [9.17, 15) is 4.79 Å². The van der Waals surface area contributed by atoms with Crippen molar-refractivity contribution in [2.45, 2.75) is 23.9 Å². The summed E-state index contributed by atoms with van der Waals surface area (Å²) in [6.45, 7) is 3.91. The zero-order valence-electron chi connectivity index (χ0n) is 22.1. The molecule has 0 saturated carbocycles. The predicted molar refractivity (Wildman–Crippen MR) is 154 cm³/mol. The van der Waals surface area contributed by atoms with Gasteiger partial charge in [-0.3, -0.25) is 14.3 Å². The number of benzene rings is 3. The molecule has 2 aromatic heterocycles. The van der Waals surface area contributed by atoms with Crippen LogP contribution in [0.4, 0.5) is 0 Å². The van der Waals surface area contributed by atoms with Crippen molar-refractivity contribution in [1.29, 1.82) is 0 Å². The summed E-state index contributed by atoms with van der Waals surface area (Å²) in [4.78, 5) is 21.9. The molecule has 0 aliphatic carbocycles. The highest BCUT2D eigenvalue weighted by molar-refractivity contribution is 7.98. The second-order valence-corrected chi connectivity index (χ2v) is 10.6. The number of aromatic nitrogens is 4. The van der Waals surface area contributed by atoms with E-state index in [1.807, 2.05) is 59.5 Å². The molecule has 3 heterocycles. The molecule has 0 radical (unpaired) electrons. The number of amides is 1. The van der Waals surface area contributed by atoms with Crippen molar-refractivity contribution >= 4 is 17.7 Å². The fourth-order valence-electron chi connectivity index (χ4n) is 4.84. The Hall–Kier alpha value is -4.21. The Balaban J connectivity index is 1.09. The lowest BCUT2D eigenvalue weighted by Crippen LogP contribution is -2.48. The zero-order chi connectivity index (χ0) is 27.1. The average molecular weight is 551 g/mol. The van der Waals surface area contributed by atoms with E-state index in [0.29, 0.717) is 36.8 Å². The van der Waals surface area contributed by atoms with Crippen LogP contribution < -0.4 is 0 Å². The SMILES string of the molecule is O=C(c1coc(CSc2nnc(Cc3ccccc3)n2-c2ccccc2)n1)N1CCN(Cc2ccccc2)CC1. The van der Waals surface area contributed by atoms with Gasteiger partial charge in [-0.05, 0) is 23.3 Å². The first-order valence-corrected chi connectivity index (χ1v) is 14.4. The lowest BCUT2D eigenvalue weighted by molar-refractivity contribution is 0.0622. The number of nitrogens with zero attached hydrogens (tertiary/aromatic N) is 6. The summed E-state index contributed by atoms with van der Waals surface area (Å²) in [5, 5.41) is 9.73. The molecule has 1 fully saturated rings. The van der Waals surface area contributed by atoms with Gasteiger partial charge in [-0.1, -0.05) is 90.6 Å². The molecule has 0 bridgehead atoms. The van der Waals surface area contributed by atoms with Gasteiger partial charge in [0.15, 0.2) is 10.9 Å². The highest BCUT2D eigenvalue weighted by Crippen LogP contribution is 2.26. The third-order valence-electron chi connectivity index (χ3n) is 6.92. The van der Waals surface area contributed by atoms with Crippen LogP contribution in [0.1, 0.15) is 33.3 Å². The van der Waals surface area contributed by atoms with Gasteiger partial charge in [-0.2, -0.15) is 0 Å². The van der Waals surface area contributed by atoms with Crippen LogP contribution in [-0.2, 0) is 18.7 Å². The van der Waals surface area contributed by atoms with E-state index in [-0.39, 0.29) is 5.91 Å². The second kappa shape index (κ2) is 12.3. The maximum absolute atomic E-state index is 13.1. The minimum absolute atomic E-state index is 0.0861. The van der Waals surface area contributed by atoms with E-state index < -0.39 is 0 Å². The maximum atomic E-state index is 13.1. The fourth-order valence-corrected chi connectivity index (χ4v) is 5.66. The fraction of sp³-hybridized carbons (Fsp3) is 0.226. The normalized spacial score (nSPS) is 13.9. The number of thioether (sulfide) groups is 1. The number of para-hydroxylation sites is 1. The molecular weight excluding hydrogens is 520 g/mol. The molecule has 6 rings (SSSR count). The van der Waals surface area contributed by atoms with Crippen LogP contribution in [0.15, 0.2) is 107 Å². The Bertz CT molecular complexity index is 1530. The number of oxazole rings is 1. The van der Waals surface area contributed by atoms with E-state index in [0.717, 1.165) is 36.3 Å². The number of rotatable bonds is 9. The first-order chi connectivity index (χ1) is 19.7. The van der Waals surface area contributed by atoms with Crippen LogP contribution in [0.2, 0.25) is 0 Å². The number of hydrogen-bond donors (Lipinski definition) is 0. The van der Waals surface area contributed by atoms with Crippen LogP contribution in [0.3, 0.4) is 0 Å². The molecule has 40 heavy (non-hydrogen) atoms. The number of carbonyl (C=O) groups is 1. The summed E-state index contributed by atoms with van der Waals surface area (Å²) < 4.78 is 7.77. The van der Waals surface area contributed by atoms with Crippen LogP contribution in [0.25, 0.3) is 5.69 Å². The number of carbonyl (C=O) groups excluding carboxylic acids is 1. The van der Waals surface area contributed by atoms with Crippen molar-refractivity contribution < 1.29 is 9.21 Å². The lowest BCUT2D eigenvalue weighted by Gasteiger charge is -2.34. The van der Waals surface area contributed by atoms with Crippen molar-refractivity contribution in [3.05, 3.63) is 126 Å². The quantitative estimate of drug-likeness (QED) is 0.236. The molecule has 0 atom stereocenters. The van der Waals surface area contributed by atoms with Crippen molar-refractivity contribution in [2.24, 2.45) is 0 Å². The molecule has 8 nitrogen and oxygen atoms in total. The molecule has 1 saturated heterocycles. The van der Waals surface area contributed by atoms with Crippen LogP contribution in [-0.4, -0.2) is 61.6 Å². The minimum Gasteiger partial charge on any atom is -0.447 e. The average Bonchev–Trinajstić information content (AvgIpc) is 3.65. The van der Waals surface area contributed by atoms with E-state index >= 15 is 0 Å². The Morgan fingerprint density at radius 1 is 0.800 bits per heavy atom. The van der Waals surface area contributed by atoms with Gasteiger partial charge < -0.3 is 9.32 Å². The molecule has 0 N–H and O–H groups in total. The van der Waals surface area contributed by atoms with Gasteiger partial charge in [0.2, 0.25) is 5.89 Å². The van der Waals surface area contributed by atoms with Crippen molar-refractivity contribution in [3.63, 3.8) is 0 Å². The predicted octanol–water partition coefficient (Wildman–Crippen LogP) is 5.10. The molecular formula is C31H30N6O2S. The van der Waals surface area contributed by atoms with Crippen LogP contribution in [0, 0.1) is 0 Å². The number of hydrogen-bond acceptors (Lipinski definition) is 7. The summed E-state index contributed by atoms with van der Waals surface area (Å²) in [5.74, 6) is 1.70. The van der Waals surface area contributed by atoms with E-state index in [1.54, 1.807) is 0 Å². The largest absolute Gasteiger partial charge is 0.447 e. The topological polar surface area (TPSA) is 80.3 Å². The van der Waals surface area contributed by atoms with Crippen molar-refractivity contribution in [1.82, 2.24) is 29.5 Å². The monoisotopic (exact) mass is 550 g/mol. The molecule has 1 amide bonds. The van der Waals surface area contributed by atoms with E-state index in [1.165, 1.54) is 29.2 Å². The van der Waals surface area contributed by atoms with Gasteiger partial charge in [-0.15, -0.1) is 10.2 Å². The molecule has 5 aromatic rings. The second-order valence-electron chi connectivity index (χ2n) is 9.70. The molecule has 3 aromatic carbocycles. The molecule has 202 valence electrons. The Morgan fingerprint density at radius 2 is 1.45 bits per heavy atom. The maximum Gasteiger partial charge on any atom is 0.275 e. The van der Waals surface area contributed by atoms with Gasteiger partial charge in [0, 0.05) is 44.8 Å². The van der Waals surface area contributed by atoms with Crippen molar-refractivity contribution in [3.8, 4) is 5.69 Å². The summed E-state index contributed by atoms with van der Waals surface area (Å²) in [5.41, 5.74) is 3.80. The number of piperazine rings is 1.